The van der Waals surface area contributed by atoms with Crippen LogP contribution in [-0.2, 0) is 25.8 Å². The van der Waals surface area contributed by atoms with E-state index < -0.39 is 21.8 Å². The van der Waals surface area contributed by atoms with Crippen LogP contribution in [0.25, 0.3) is 0 Å². The lowest BCUT2D eigenvalue weighted by Gasteiger charge is -2.10. The van der Waals surface area contributed by atoms with Gasteiger partial charge in [0.1, 0.15) is 15.9 Å². The third-order valence-corrected chi connectivity index (χ3v) is 4.19. The summed E-state index contributed by atoms with van der Waals surface area (Å²) in [5.74, 6) is -0.649. The number of esters is 1. The van der Waals surface area contributed by atoms with Crippen molar-refractivity contribution < 1.29 is 17.9 Å². The molecule has 0 aliphatic heterocycles. The lowest BCUT2D eigenvalue weighted by atomic mass is 10.2. The van der Waals surface area contributed by atoms with Gasteiger partial charge in [0.05, 0.1) is 12.4 Å². The summed E-state index contributed by atoms with van der Waals surface area (Å²) < 4.78 is 26.8. The highest BCUT2D eigenvalue weighted by atomic mass is 32.2. The van der Waals surface area contributed by atoms with Gasteiger partial charge in [-0.3, -0.25) is 4.79 Å². The number of nitrogens with two attached hydrogens (primary N) is 1. The van der Waals surface area contributed by atoms with Gasteiger partial charge in [-0.1, -0.05) is 6.07 Å². The van der Waals surface area contributed by atoms with E-state index in [0.717, 1.165) is 11.1 Å². The molecule has 1 heterocycles. The maximum absolute atomic E-state index is 11.4. The van der Waals surface area contributed by atoms with Crippen molar-refractivity contribution in [2.75, 3.05) is 18.6 Å². The van der Waals surface area contributed by atoms with Crippen molar-refractivity contribution in [1.82, 2.24) is 0 Å². The first-order chi connectivity index (χ1) is 8.38. The molecule has 0 aliphatic carbocycles. The first-order valence-electron chi connectivity index (χ1n) is 5.51. The van der Waals surface area contributed by atoms with Crippen molar-refractivity contribution >= 4 is 27.1 Å². The van der Waals surface area contributed by atoms with E-state index in [1.807, 2.05) is 17.5 Å². The van der Waals surface area contributed by atoms with Gasteiger partial charge in [-0.25, -0.2) is 8.42 Å². The van der Waals surface area contributed by atoms with E-state index in [4.69, 9.17) is 10.5 Å². The molecular weight excluding hydrogens is 274 g/mol. The normalized spacial score (nSPS) is 13.2. The van der Waals surface area contributed by atoms with Crippen LogP contribution >= 0.6 is 11.3 Å². The summed E-state index contributed by atoms with van der Waals surface area (Å²) >= 11 is 1.59. The van der Waals surface area contributed by atoms with Crippen LogP contribution in [0.2, 0.25) is 0 Å². The van der Waals surface area contributed by atoms with Gasteiger partial charge >= 0.3 is 5.97 Å². The second-order valence-corrected chi connectivity index (χ2v) is 7.31. The number of carbonyl (C=O) groups is 1. The van der Waals surface area contributed by atoms with Crippen molar-refractivity contribution in [3.63, 3.8) is 0 Å². The second-order valence-electron chi connectivity index (χ2n) is 4.02. The fourth-order valence-electron chi connectivity index (χ4n) is 1.27. The first-order valence-corrected chi connectivity index (χ1v) is 8.45. The summed E-state index contributed by atoms with van der Waals surface area (Å²) in [5.41, 5.74) is 5.55. The average Bonchev–Trinajstić information content (AvgIpc) is 2.77. The molecule has 1 aromatic rings. The minimum atomic E-state index is -3.09. The zero-order valence-electron chi connectivity index (χ0n) is 10.2. The molecule has 18 heavy (non-hydrogen) atoms. The topological polar surface area (TPSA) is 86.5 Å². The van der Waals surface area contributed by atoms with Gasteiger partial charge in [0.2, 0.25) is 0 Å². The van der Waals surface area contributed by atoms with Crippen LogP contribution in [0.1, 0.15) is 11.3 Å². The first kappa shape index (κ1) is 15.1. The smallest absolute Gasteiger partial charge is 0.322 e. The molecule has 0 saturated heterocycles. The Morgan fingerprint density at radius 2 is 2.28 bits per heavy atom. The molecule has 1 rings (SSSR count). The molecule has 7 heteroatoms. The van der Waals surface area contributed by atoms with Gasteiger partial charge < -0.3 is 10.5 Å². The van der Waals surface area contributed by atoms with Crippen LogP contribution in [0.15, 0.2) is 17.5 Å². The maximum Gasteiger partial charge on any atom is 0.322 e. The summed E-state index contributed by atoms with van der Waals surface area (Å²) in [6.07, 6.45) is 1.86. The van der Waals surface area contributed by atoms with Gasteiger partial charge in [0.15, 0.2) is 0 Å². The maximum atomic E-state index is 11.4. The van der Waals surface area contributed by atoms with E-state index >= 15 is 0 Å². The van der Waals surface area contributed by atoms with Crippen molar-refractivity contribution in [1.29, 1.82) is 0 Å². The number of hydrogen-bond donors (Lipinski definition) is 1. The van der Waals surface area contributed by atoms with Gasteiger partial charge in [-0.15, -0.1) is 11.3 Å². The van der Waals surface area contributed by atoms with Crippen LogP contribution in [0.5, 0.6) is 0 Å². The molecule has 0 aliphatic rings. The number of ether oxygens (including phenoxy) is 1. The number of rotatable bonds is 7. The largest absolute Gasteiger partial charge is 0.464 e. The SMILES string of the molecule is CS(=O)(=O)CCC(N)C(=O)OCCc1cccs1. The number of sulfone groups is 1. The summed E-state index contributed by atoms with van der Waals surface area (Å²) in [5, 5.41) is 1.95. The number of hydrogen-bond acceptors (Lipinski definition) is 6. The number of carbonyl (C=O) groups excluding carboxylic acids is 1. The molecule has 2 N–H and O–H groups in total. The Bertz CT molecular complexity index is 467. The molecule has 0 aromatic carbocycles. The van der Waals surface area contributed by atoms with Crippen molar-refractivity contribution in [2.45, 2.75) is 18.9 Å². The zero-order chi connectivity index (χ0) is 13.6. The summed E-state index contributed by atoms with van der Waals surface area (Å²) in [4.78, 5) is 12.6. The van der Waals surface area contributed by atoms with Crippen molar-refractivity contribution in [3.05, 3.63) is 22.4 Å². The Labute approximate surface area is 111 Å². The van der Waals surface area contributed by atoms with Crippen LogP contribution in [0.3, 0.4) is 0 Å². The quantitative estimate of drug-likeness (QED) is 0.743. The predicted octanol–water partition coefficient (Wildman–Crippen LogP) is 0.596. The van der Waals surface area contributed by atoms with Gasteiger partial charge in [0.25, 0.3) is 0 Å². The van der Waals surface area contributed by atoms with Crippen LogP contribution in [0.4, 0.5) is 0 Å². The Morgan fingerprint density at radius 1 is 1.56 bits per heavy atom. The van der Waals surface area contributed by atoms with Crippen molar-refractivity contribution in [3.8, 4) is 0 Å². The molecular formula is C11H17NO4S2. The molecule has 0 radical (unpaired) electrons. The molecule has 0 bridgehead atoms. The fourth-order valence-corrected chi connectivity index (χ4v) is 2.65. The van der Waals surface area contributed by atoms with Crippen LogP contribution in [-0.4, -0.2) is 39.0 Å². The van der Waals surface area contributed by atoms with E-state index in [1.165, 1.54) is 0 Å². The summed E-state index contributed by atoms with van der Waals surface area (Å²) in [7, 11) is -3.09. The van der Waals surface area contributed by atoms with Crippen LogP contribution < -0.4 is 5.73 Å². The Balaban J connectivity index is 2.23. The van der Waals surface area contributed by atoms with E-state index in [9.17, 15) is 13.2 Å². The monoisotopic (exact) mass is 291 g/mol. The molecule has 1 atom stereocenters. The Hall–Kier alpha value is -0.920. The standard InChI is InChI=1S/C11H17NO4S2/c1-18(14,15)8-5-10(12)11(13)16-6-4-9-3-2-7-17-9/h2-3,7,10H,4-6,8,12H2,1H3. The van der Waals surface area contributed by atoms with Crippen molar-refractivity contribution in [2.24, 2.45) is 5.73 Å². The lowest BCUT2D eigenvalue weighted by molar-refractivity contribution is -0.145. The highest BCUT2D eigenvalue weighted by molar-refractivity contribution is 7.90. The molecule has 1 aromatic heterocycles. The number of thiophene rings is 1. The van der Waals surface area contributed by atoms with E-state index in [1.54, 1.807) is 11.3 Å². The van der Waals surface area contributed by atoms with E-state index in [0.29, 0.717) is 6.42 Å². The third kappa shape index (κ3) is 6.13. The summed E-state index contributed by atoms with van der Waals surface area (Å²) in [6, 6.07) is 3.02. The Kier molecular flexibility index (Phi) is 5.77. The second kappa shape index (κ2) is 6.86. The van der Waals surface area contributed by atoms with Gasteiger partial charge in [0, 0.05) is 17.6 Å². The van der Waals surface area contributed by atoms with Gasteiger partial charge in [-0.2, -0.15) is 0 Å². The minimum absolute atomic E-state index is 0.0939. The van der Waals surface area contributed by atoms with E-state index in [2.05, 4.69) is 0 Å². The summed E-state index contributed by atoms with van der Waals surface area (Å²) in [6.45, 7) is 0.270. The average molecular weight is 291 g/mol. The lowest BCUT2D eigenvalue weighted by Crippen LogP contribution is -2.34. The van der Waals surface area contributed by atoms with Crippen LogP contribution in [0, 0.1) is 0 Å². The Morgan fingerprint density at radius 3 is 2.83 bits per heavy atom. The highest BCUT2D eigenvalue weighted by Gasteiger charge is 2.17. The molecule has 0 fully saturated rings. The predicted molar refractivity (Wildman–Crippen MR) is 71.3 cm³/mol. The minimum Gasteiger partial charge on any atom is -0.464 e. The molecule has 5 nitrogen and oxygen atoms in total. The molecule has 0 spiro atoms. The molecule has 102 valence electrons. The third-order valence-electron chi connectivity index (χ3n) is 2.28. The molecule has 1 unspecified atom stereocenters. The zero-order valence-corrected chi connectivity index (χ0v) is 11.8. The molecule has 0 amide bonds. The highest BCUT2D eigenvalue weighted by Crippen LogP contribution is 2.09. The fraction of sp³-hybridized carbons (Fsp3) is 0.545. The molecule has 0 saturated carbocycles. The van der Waals surface area contributed by atoms with Gasteiger partial charge in [-0.05, 0) is 17.9 Å². The van der Waals surface area contributed by atoms with E-state index in [-0.39, 0.29) is 18.8 Å².